The molecule has 1 unspecified atom stereocenters. The average molecular weight is 202 g/mol. The van der Waals surface area contributed by atoms with Gasteiger partial charge >= 0.3 is 0 Å². The fourth-order valence-electron chi connectivity index (χ4n) is 2.82. The van der Waals surface area contributed by atoms with Crippen molar-refractivity contribution in [2.45, 2.75) is 52.4 Å². The quantitative estimate of drug-likeness (QED) is 0.639. The van der Waals surface area contributed by atoms with Crippen LogP contribution in [-0.2, 0) is 11.8 Å². The van der Waals surface area contributed by atoms with E-state index in [-0.39, 0.29) is 0 Å². The maximum Gasteiger partial charge on any atom is -0.00493 e. The highest BCUT2D eigenvalue weighted by atomic mass is 14.4. The highest BCUT2D eigenvalue weighted by molar-refractivity contribution is 5.39. The maximum absolute atomic E-state index is 2.44. The van der Waals surface area contributed by atoms with Crippen LogP contribution in [0.5, 0.6) is 0 Å². The van der Waals surface area contributed by atoms with Crippen LogP contribution in [0.1, 0.15) is 50.3 Å². The Balaban J connectivity index is 2.54. The normalized spacial score (nSPS) is 25.4. The number of benzene rings is 1. The van der Waals surface area contributed by atoms with Gasteiger partial charge < -0.3 is 0 Å². The van der Waals surface area contributed by atoms with Gasteiger partial charge in [0.1, 0.15) is 0 Å². The first-order valence-corrected chi connectivity index (χ1v) is 6.14. The molecule has 0 aromatic heterocycles. The fourth-order valence-corrected chi connectivity index (χ4v) is 2.82. The molecule has 15 heavy (non-hydrogen) atoms. The minimum Gasteiger partial charge on any atom is -0.0619 e. The molecule has 1 aromatic carbocycles. The van der Waals surface area contributed by atoms with E-state index in [0.29, 0.717) is 5.41 Å². The molecule has 0 aliphatic heterocycles. The Morgan fingerprint density at radius 2 is 2.00 bits per heavy atom. The molecule has 82 valence electrons. The molecule has 0 saturated carbocycles. The summed E-state index contributed by atoms with van der Waals surface area (Å²) in [7, 11) is 0. The van der Waals surface area contributed by atoms with Crippen LogP contribution in [0.25, 0.3) is 0 Å². The van der Waals surface area contributed by atoms with Crippen molar-refractivity contribution in [3.63, 3.8) is 0 Å². The van der Waals surface area contributed by atoms with Gasteiger partial charge in [-0.3, -0.25) is 0 Å². The molecule has 1 aliphatic rings. The summed E-state index contributed by atoms with van der Waals surface area (Å²) in [4.78, 5) is 0. The van der Waals surface area contributed by atoms with E-state index in [1.54, 1.807) is 11.1 Å². The zero-order valence-electron chi connectivity index (χ0n) is 10.4. The molecular formula is C15H22. The van der Waals surface area contributed by atoms with E-state index >= 15 is 0 Å². The standard InChI is InChI=1S/C15H22/c1-11(2)15(4)9-5-6-13-8-7-12(3)10-14(13)15/h7-8,10-11H,5-6,9H2,1-4H3. The molecule has 0 radical (unpaired) electrons. The van der Waals surface area contributed by atoms with Crippen molar-refractivity contribution >= 4 is 0 Å². The lowest BCUT2D eigenvalue weighted by Gasteiger charge is -2.40. The van der Waals surface area contributed by atoms with E-state index in [1.165, 1.54) is 24.8 Å². The topological polar surface area (TPSA) is 0 Å². The molecule has 1 atom stereocenters. The van der Waals surface area contributed by atoms with Crippen LogP contribution in [0.2, 0.25) is 0 Å². The Kier molecular flexibility index (Phi) is 2.62. The average Bonchev–Trinajstić information content (AvgIpc) is 2.19. The Morgan fingerprint density at radius 3 is 2.67 bits per heavy atom. The van der Waals surface area contributed by atoms with Crippen LogP contribution >= 0.6 is 0 Å². The van der Waals surface area contributed by atoms with Gasteiger partial charge in [0.15, 0.2) is 0 Å². The van der Waals surface area contributed by atoms with Crippen molar-refractivity contribution < 1.29 is 0 Å². The van der Waals surface area contributed by atoms with Crippen LogP contribution in [0.4, 0.5) is 0 Å². The van der Waals surface area contributed by atoms with E-state index < -0.39 is 0 Å². The van der Waals surface area contributed by atoms with Crippen LogP contribution in [0.15, 0.2) is 18.2 Å². The van der Waals surface area contributed by atoms with Crippen molar-refractivity contribution in [1.29, 1.82) is 0 Å². The number of aryl methyl sites for hydroxylation is 2. The highest BCUT2D eigenvalue weighted by Crippen LogP contribution is 2.42. The monoisotopic (exact) mass is 202 g/mol. The molecule has 0 heterocycles. The number of hydrogen-bond donors (Lipinski definition) is 0. The van der Waals surface area contributed by atoms with Gasteiger partial charge in [0.25, 0.3) is 0 Å². The molecule has 0 saturated heterocycles. The first kappa shape index (κ1) is 10.7. The van der Waals surface area contributed by atoms with E-state index in [2.05, 4.69) is 45.9 Å². The Labute approximate surface area is 93.7 Å². The highest BCUT2D eigenvalue weighted by Gasteiger charge is 2.34. The van der Waals surface area contributed by atoms with Crippen molar-refractivity contribution in [2.24, 2.45) is 5.92 Å². The molecule has 0 N–H and O–H groups in total. The van der Waals surface area contributed by atoms with Crippen molar-refractivity contribution in [3.05, 3.63) is 34.9 Å². The summed E-state index contributed by atoms with van der Waals surface area (Å²) in [5, 5.41) is 0. The van der Waals surface area contributed by atoms with Gasteiger partial charge in [-0.25, -0.2) is 0 Å². The molecule has 0 bridgehead atoms. The molecular weight excluding hydrogens is 180 g/mol. The van der Waals surface area contributed by atoms with Crippen LogP contribution in [-0.4, -0.2) is 0 Å². The summed E-state index contributed by atoms with van der Waals surface area (Å²) in [6, 6.07) is 7.00. The summed E-state index contributed by atoms with van der Waals surface area (Å²) in [6.07, 6.45) is 3.98. The summed E-state index contributed by atoms with van der Waals surface area (Å²) < 4.78 is 0. The lowest BCUT2D eigenvalue weighted by molar-refractivity contribution is 0.290. The summed E-state index contributed by atoms with van der Waals surface area (Å²) in [6.45, 7) is 9.36. The van der Waals surface area contributed by atoms with Crippen LogP contribution in [0.3, 0.4) is 0 Å². The second-order valence-electron chi connectivity index (χ2n) is 5.59. The van der Waals surface area contributed by atoms with Crippen molar-refractivity contribution in [1.82, 2.24) is 0 Å². The molecule has 0 heteroatoms. The minimum absolute atomic E-state index is 0.402. The van der Waals surface area contributed by atoms with E-state index in [0.717, 1.165) is 5.92 Å². The largest absolute Gasteiger partial charge is 0.0619 e. The third-order valence-corrected chi connectivity index (χ3v) is 4.30. The Hall–Kier alpha value is -0.780. The molecule has 0 fully saturated rings. The van der Waals surface area contributed by atoms with E-state index in [1.807, 2.05) is 0 Å². The van der Waals surface area contributed by atoms with Gasteiger partial charge in [-0.05, 0) is 48.6 Å². The SMILES string of the molecule is Cc1ccc2c(c1)C(C)(C(C)C)CCC2. The van der Waals surface area contributed by atoms with Crippen molar-refractivity contribution in [2.75, 3.05) is 0 Å². The molecule has 1 aromatic rings. The fraction of sp³-hybridized carbons (Fsp3) is 0.600. The van der Waals surface area contributed by atoms with E-state index in [9.17, 15) is 0 Å². The number of hydrogen-bond acceptors (Lipinski definition) is 0. The lowest BCUT2D eigenvalue weighted by atomic mass is 9.65. The number of fused-ring (bicyclic) bond motifs is 1. The first-order chi connectivity index (χ1) is 7.04. The van der Waals surface area contributed by atoms with Gasteiger partial charge in [0.05, 0.1) is 0 Å². The molecule has 2 rings (SSSR count). The molecule has 1 aliphatic carbocycles. The zero-order chi connectivity index (χ0) is 11.1. The van der Waals surface area contributed by atoms with Gasteiger partial charge in [-0.2, -0.15) is 0 Å². The summed E-state index contributed by atoms with van der Waals surface area (Å²) >= 11 is 0. The van der Waals surface area contributed by atoms with Gasteiger partial charge in [0.2, 0.25) is 0 Å². The van der Waals surface area contributed by atoms with Crippen LogP contribution in [0, 0.1) is 12.8 Å². The van der Waals surface area contributed by atoms with E-state index in [4.69, 9.17) is 0 Å². The Bertz CT molecular complexity index is 362. The Morgan fingerprint density at radius 1 is 1.27 bits per heavy atom. The first-order valence-electron chi connectivity index (χ1n) is 6.14. The van der Waals surface area contributed by atoms with Gasteiger partial charge in [-0.15, -0.1) is 0 Å². The second-order valence-corrected chi connectivity index (χ2v) is 5.59. The smallest absolute Gasteiger partial charge is 0.00493 e. The van der Waals surface area contributed by atoms with Gasteiger partial charge in [0, 0.05) is 0 Å². The third-order valence-electron chi connectivity index (χ3n) is 4.30. The lowest BCUT2D eigenvalue weighted by Crippen LogP contribution is -2.33. The second kappa shape index (κ2) is 3.66. The molecule has 0 spiro atoms. The number of rotatable bonds is 1. The zero-order valence-corrected chi connectivity index (χ0v) is 10.4. The minimum atomic E-state index is 0.402. The van der Waals surface area contributed by atoms with Gasteiger partial charge in [-0.1, -0.05) is 44.5 Å². The summed E-state index contributed by atoms with van der Waals surface area (Å²) in [5.41, 5.74) is 5.01. The summed E-state index contributed by atoms with van der Waals surface area (Å²) in [5.74, 6) is 0.735. The van der Waals surface area contributed by atoms with Crippen molar-refractivity contribution in [3.8, 4) is 0 Å². The predicted molar refractivity (Wildman–Crippen MR) is 66.3 cm³/mol. The molecule has 0 nitrogen and oxygen atoms in total. The third kappa shape index (κ3) is 1.71. The van der Waals surface area contributed by atoms with Crippen LogP contribution < -0.4 is 0 Å². The predicted octanol–water partition coefficient (Wildman–Crippen LogP) is 4.25. The maximum atomic E-state index is 2.44. The molecule has 0 amide bonds.